The van der Waals surface area contributed by atoms with Crippen LogP contribution in [-0.4, -0.2) is 11.6 Å². The van der Waals surface area contributed by atoms with Crippen molar-refractivity contribution in [2.24, 2.45) is 0 Å². The minimum Gasteiger partial charge on any atom is -0.493 e. The summed E-state index contributed by atoms with van der Waals surface area (Å²) < 4.78 is 5.63. The lowest BCUT2D eigenvalue weighted by Crippen LogP contribution is -2.07. The summed E-state index contributed by atoms with van der Waals surface area (Å²) >= 11 is 0. The number of nitrogens with one attached hydrogen (secondary N) is 1. The van der Waals surface area contributed by atoms with Crippen molar-refractivity contribution >= 4 is 11.4 Å². The summed E-state index contributed by atoms with van der Waals surface area (Å²) in [4.78, 5) is 4.13. The number of hydrogen-bond donors (Lipinski definition) is 2. The van der Waals surface area contributed by atoms with E-state index in [0.29, 0.717) is 12.3 Å². The molecule has 1 aromatic carbocycles. The van der Waals surface area contributed by atoms with Crippen molar-refractivity contribution in [3.63, 3.8) is 0 Å². The van der Waals surface area contributed by atoms with Gasteiger partial charge in [0.25, 0.3) is 0 Å². The molecule has 3 N–H and O–H groups in total. The molecule has 2 aromatic rings. The van der Waals surface area contributed by atoms with Crippen molar-refractivity contribution in [3.05, 3.63) is 48.3 Å². The first-order valence-electron chi connectivity index (χ1n) is 6.89. The predicted octanol–water partition coefficient (Wildman–Crippen LogP) is 3.63. The first kappa shape index (κ1) is 14.2. The molecule has 0 fully saturated rings. The monoisotopic (exact) mass is 271 g/mol. The van der Waals surface area contributed by atoms with Crippen LogP contribution in [0, 0.1) is 0 Å². The largest absolute Gasteiger partial charge is 0.493 e. The number of benzene rings is 1. The Bertz CT molecular complexity index is 543. The van der Waals surface area contributed by atoms with Crippen LogP contribution in [0.5, 0.6) is 5.75 Å². The summed E-state index contributed by atoms with van der Waals surface area (Å²) in [6, 6.07) is 9.86. The number of hydrogen-bond acceptors (Lipinski definition) is 4. The Morgan fingerprint density at radius 1 is 1.35 bits per heavy atom. The molecule has 0 aliphatic rings. The summed E-state index contributed by atoms with van der Waals surface area (Å²) in [5, 5.41) is 3.42. The number of ether oxygens (including phenoxy) is 1. The fourth-order valence-corrected chi connectivity index (χ4v) is 1.97. The van der Waals surface area contributed by atoms with Crippen molar-refractivity contribution in [2.75, 3.05) is 17.7 Å². The lowest BCUT2D eigenvalue weighted by atomic mass is 10.1. The van der Waals surface area contributed by atoms with E-state index >= 15 is 0 Å². The number of pyridine rings is 1. The molecule has 1 atom stereocenters. The lowest BCUT2D eigenvalue weighted by molar-refractivity contribution is 0.318. The van der Waals surface area contributed by atoms with Crippen LogP contribution in [0.15, 0.2) is 42.7 Å². The zero-order valence-corrected chi connectivity index (χ0v) is 12.0. The molecule has 0 aliphatic carbocycles. The number of nitrogens with two attached hydrogens (primary N) is 1. The molecule has 0 saturated heterocycles. The zero-order chi connectivity index (χ0) is 14.4. The maximum Gasteiger partial charge on any atom is 0.123 e. The Labute approximate surface area is 120 Å². The second-order valence-corrected chi connectivity index (χ2v) is 4.79. The number of nitrogen functional groups attached to an aromatic ring is 1. The second kappa shape index (κ2) is 6.80. The Morgan fingerprint density at radius 3 is 2.90 bits per heavy atom. The van der Waals surface area contributed by atoms with E-state index in [0.717, 1.165) is 23.4 Å². The van der Waals surface area contributed by atoms with Gasteiger partial charge in [-0.2, -0.15) is 0 Å². The standard InChI is InChI=1S/C16H21N3O/c1-3-7-20-16-9-14(17)8-15(10-16)19-12(2)13-5-4-6-18-11-13/h4-6,8-12,19H,3,7,17H2,1-2H3. The first-order valence-corrected chi connectivity index (χ1v) is 6.89. The molecule has 0 saturated carbocycles. The SMILES string of the molecule is CCCOc1cc(N)cc(NC(C)c2cccnc2)c1. The summed E-state index contributed by atoms with van der Waals surface area (Å²) in [6.07, 6.45) is 4.61. The predicted molar refractivity (Wildman–Crippen MR) is 82.9 cm³/mol. The molecule has 20 heavy (non-hydrogen) atoms. The van der Waals surface area contributed by atoms with E-state index in [2.05, 4.69) is 24.1 Å². The van der Waals surface area contributed by atoms with E-state index in [1.807, 2.05) is 36.5 Å². The molecule has 2 rings (SSSR count). The molecule has 106 valence electrons. The highest BCUT2D eigenvalue weighted by atomic mass is 16.5. The minimum atomic E-state index is 0.157. The van der Waals surface area contributed by atoms with E-state index in [9.17, 15) is 0 Å². The number of nitrogens with zero attached hydrogens (tertiary/aromatic N) is 1. The third-order valence-corrected chi connectivity index (χ3v) is 2.97. The highest BCUT2D eigenvalue weighted by Gasteiger charge is 2.07. The average Bonchev–Trinajstić information content (AvgIpc) is 2.45. The van der Waals surface area contributed by atoms with Gasteiger partial charge in [-0.05, 0) is 31.0 Å². The summed E-state index contributed by atoms with van der Waals surface area (Å²) in [5.41, 5.74) is 8.69. The maximum atomic E-state index is 5.91. The molecule has 0 radical (unpaired) electrons. The molecular weight excluding hydrogens is 250 g/mol. The molecule has 0 amide bonds. The Kier molecular flexibility index (Phi) is 4.82. The van der Waals surface area contributed by atoms with E-state index in [1.165, 1.54) is 0 Å². The van der Waals surface area contributed by atoms with Crippen LogP contribution in [0.2, 0.25) is 0 Å². The smallest absolute Gasteiger partial charge is 0.123 e. The van der Waals surface area contributed by atoms with Crippen molar-refractivity contribution in [1.29, 1.82) is 0 Å². The summed E-state index contributed by atoms with van der Waals surface area (Å²) in [6.45, 7) is 4.86. The van der Waals surface area contributed by atoms with Gasteiger partial charge < -0.3 is 15.8 Å². The van der Waals surface area contributed by atoms with Gasteiger partial charge in [0.1, 0.15) is 5.75 Å². The van der Waals surface area contributed by atoms with Crippen molar-refractivity contribution in [1.82, 2.24) is 4.98 Å². The molecule has 0 bridgehead atoms. The van der Waals surface area contributed by atoms with E-state index in [4.69, 9.17) is 10.5 Å². The molecule has 1 aromatic heterocycles. The van der Waals surface area contributed by atoms with Crippen molar-refractivity contribution in [2.45, 2.75) is 26.3 Å². The van der Waals surface area contributed by atoms with Gasteiger partial charge in [0.2, 0.25) is 0 Å². The van der Waals surface area contributed by atoms with Crippen LogP contribution in [-0.2, 0) is 0 Å². The van der Waals surface area contributed by atoms with E-state index in [1.54, 1.807) is 6.20 Å². The highest BCUT2D eigenvalue weighted by Crippen LogP contribution is 2.26. The van der Waals surface area contributed by atoms with Gasteiger partial charge in [-0.1, -0.05) is 13.0 Å². The van der Waals surface area contributed by atoms with Gasteiger partial charge in [0, 0.05) is 35.9 Å². The fraction of sp³-hybridized carbons (Fsp3) is 0.312. The quantitative estimate of drug-likeness (QED) is 0.788. The lowest BCUT2D eigenvalue weighted by Gasteiger charge is -2.17. The molecule has 0 aliphatic heterocycles. The highest BCUT2D eigenvalue weighted by molar-refractivity contribution is 5.59. The normalized spacial score (nSPS) is 11.9. The second-order valence-electron chi connectivity index (χ2n) is 4.79. The van der Waals surface area contributed by atoms with Crippen LogP contribution in [0.3, 0.4) is 0 Å². The topological polar surface area (TPSA) is 60.2 Å². The van der Waals surface area contributed by atoms with Crippen LogP contribution < -0.4 is 15.8 Å². The summed E-state index contributed by atoms with van der Waals surface area (Å²) in [7, 11) is 0. The number of aromatic nitrogens is 1. The maximum absolute atomic E-state index is 5.91. The average molecular weight is 271 g/mol. The van der Waals surface area contributed by atoms with Gasteiger partial charge in [0.05, 0.1) is 12.6 Å². The third kappa shape index (κ3) is 3.88. The molecule has 0 spiro atoms. The molecule has 1 unspecified atom stereocenters. The van der Waals surface area contributed by atoms with Crippen molar-refractivity contribution in [3.8, 4) is 5.75 Å². The van der Waals surface area contributed by atoms with Crippen molar-refractivity contribution < 1.29 is 4.74 Å². The Balaban J connectivity index is 2.10. The van der Waals surface area contributed by atoms with Crippen LogP contribution >= 0.6 is 0 Å². The van der Waals surface area contributed by atoms with Gasteiger partial charge in [0.15, 0.2) is 0 Å². The summed E-state index contributed by atoms with van der Waals surface area (Å²) in [5.74, 6) is 0.799. The van der Waals surface area contributed by atoms with Gasteiger partial charge >= 0.3 is 0 Å². The third-order valence-electron chi connectivity index (χ3n) is 2.97. The van der Waals surface area contributed by atoms with Crippen LogP contribution in [0.4, 0.5) is 11.4 Å². The van der Waals surface area contributed by atoms with Gasteiger partial charge in [-0.3, -0.25) is 4.98 Å². The first-order chi connectivity index (χ1) is 9.69. The van der Waals surface area contributed by atoms with Gasteiger partial charge in [-0.15, -0.1) is 0 Å². The number of anilines is 2. The molecule has 4 nitrogen and oxygen atoms in total. The van der Waals surface area contributed by atoms with Crippen LogP contribution in [0.25, 0.3) is 0 Å². The van der Waals surface area contributed by atoms with E-state index in [-0.39, 0.29) is 6.04 Å². The van der Waals surface area contributed by atoms with Crippen LogP contribution in [0.1, 0.15) is 31.9 Å². The van der Waals surface area contributed by atoms with Gasteiger partial charge in [-0.25, -0.2) is 0 Å². The Hall–Kier alpha value is -2.23. The Morgan fingerprint density at radius 2 is 2.20 bits per heavy atom. The van der Waals surface area contributed by atoms with E-state index < -0.39 is 0 Å². The molecule has 1 heterocycles. The molecular formula is C16H21N3O. The fourth-order valence-electron chi connectivity index (χ4n) is 1.97. The molecule has 4 heteroatoms. The number of rotatable bonds is 6. The minimum absolute atomic E-state index is 0.157. The zero-order valence-electron chi connectivity index (χ0n) is 12.0.